The van der Waals surface area contributed by atoms with Crippen LogP contribution in [0.25, 0.3) is 10.8 Å². The molecule has 3 aromatic carbocycles. The first-order chi connectivity index (χ1) is 24.8. The molecule has 0 radical (unpaired) electrons. The van der Waals surface area contributed by atoms with Gasteiger partial charge < -0.3 is 43.5 Å². The van der Waals surface area contributed by atoms with Crippen molar-refractivity contribution in [2.75, 3.05) is 6.54 Å². The molecule has 0 aliphatic rings. The number of unbranched alkanes of at least 4 members (excludes halogenated alkanes) is 1. The second kappa shape index (κ2) is 18.6. The normalized spacial score (nSPS) is 13.7. The lowest BCUT2D eigenvalue weighted by Gasteiger charge is -2.27. The number of imidazole rings is 1. The number of hydrogen-bond donors (Lipinski definition) is 8. The molecule has 0 spiro atoms. The maximum absolute atomic E-state index is 14.3. The van der Waals surface area contributed by atoms with E-state index in [-0.39, 0.29) is 25.7 Å². The molecule has 11 N–H and O–H groups in total. The predicted molar refractivity (Wildman–Crippen MR) is 198 cm³/mol. The highest BCUT2D eigenvalue weighted by molar-refractivity contribution is 5.96. The molecule has 14 nitrogen and oxygen atoms in total. The van der Waals surface area contributed by atoms with Gasteiger partial charge in [-0.05, 0) is 61.6 Å². The summed E-state index contributed by atoms with van der Waals surface area (Å²) in [6.45, 7) is 3.46. The number of amides is 5. The van der Waals surface area contributed by atoms with Crippen LogP contribution < -0.4 is 38.5 Å². The van der Waals surface area contributed by atoms with Crippen molar-refractivity contribution in [1.29, 1.82) is 0 Å². The number of aromatic amines is 1. The van der Waals surface area contributed by atoms with Gasteiger partial charge in [-0.3, -0.25) is 24.0 Å². The van der Waals surface area contributed by atoms with E-state index in [1.807, 2.05) is 72.8 Å². The smallest absolute Gasteiger partial charge is 0.243 e. The minimum Gasteiger partial charge on any atom is -0.368 e. The van der Waals surface area contributed by atoms with E-state index in [4.69, 9.17) is 17.2 Å². The van der Waals surface area contributed by atoms with Gasteiger partial charge in [-0.2, -0.15) is 0 Å². The van der Waals surface area contributed by atoms with Crippen LogP contribution in [-0.4, -0.2) is 75.8 Å². The van der Waals surface area contributed by atoms with Crippen molar-refractivity contribution >= 4 is 40.3 Å². The van der Waals surface area contributed by atoms with E-state index in [2.05, 4.69) is 31.2 Å². The van der Waals surface area contributed by atoms with Gasteiger partial charge >= 0.3 is 0 Å². The lowest BCUT2D eigenvalue weighted by atomic mass is 9.99. The standard InChI is InChI=1S/C38H49N9O5/c1-38(2,41)37(52)47-32(21-28-22-42-23-43-28)36(51)46-31(20-25-15-16-26-12-6-7-13-27(26)18-25)35(50)45-30(19-24-10-4-3-5-11-24)34(49)44-29(33(40)48)14-8-9-17-39/h3-7,10-13,15-16,18,22-23,29-32H,8-9,14,17,19-21,39,41H2,1-2H3,(H2,40,48)(H,42,43)(H,44,49)(H,45,50)(H,46,51)(H,47,52)/t29-,30+,31-,32-/m0/s1. The third-order valence-electron chi connectivity index (χ3n) is 8.60. The largest absolute Gasteiger partial charge is 0.368 e. The molecule has 0 bridgehead atoms. The monoisotopic (exact) mass is 711 g/mol. The third kappa shape index (κ3) is 11.7. The Hall–Kier alpha value is -5.60. The summed E-state index contributed by atoms with van der Waals surface area (Å²) in [6.07, 6.45) is 4.66. The minimum atomic E-state index is -1.29. The van der Waals surface area contributed by atoms with Crippen molar-refractivity contribution in [3.63, 3.8) is 0 Å². The number of hydrogen-bond acceptors (Lipinski definition) is 8. The van der Waals surface area contributed by atoms with Crippen molar-refractivity contribution in [1.82, 2.24) is 31.2 Å². The van der Waals surface area contributed by atoms with Gasteiger partial charge in [-0.1, -0.05) is 72.8 Å². The number of rotatable bonds is 19. The Morgan fingerprint density at radius 2 is 1.29 bits per heavy atom. The molecule has 14 heteroatoms. The van der Waals surface area contributed by atoms with E-state index < -0.39 is 59.2 Å². The molecule has 1 heterocycles. The number of fused-ring (bicyclic) bond motifs is 1. The van der Waals surface area contributed by atoms with Gasteiger partial charge in [0.2, 0.25) is 29.5 Å². The number of nitrogens with one attached hydrogen (secondary N) is 5. The van der Waals surface area contributed by atoms with Gasteiger partial charge in [-0.25, -0.2) is 4.98 Å². The van der Waals surface area contributed by atoms with Crippen molar-refractivity contribution in [3.8, 4) is 0 Å². The molecule has 0 saturated carbocycles. The number of carbonyl (C=O) groups excluding carboxylic acids is 5. The maximum Gasteiger partial charge on any atom is 0.243 e. The van der Waals surface area contributed by atoms with Crippen molar-refractivity contribution in [2.45, 2.75) is 82.1 Å². The van der Waals surface area contributed by atoms with Crippen LogP contribution in [0.15, 0.2) is 85.3 Å². The van der Waals surface area contributed by atoms with Crippen LogP contribution >= 0.6 is 0 Å². The summed E-state index contributed by atoms with van der Waals surface area (Å²) in [6, 6.07) is 18.1. The molecule has 0 aliphatic carbocycles. The highest BCUT2D eigenvalue weighted by Gasteiger charge is 2.33. The number of aromatic nitrogens is 2. The van der Waals surface area contributed by atoms with E-state index >= 15 is 0 Å². The Balaban J connectivity index is 1.65. The third-order valence-corrected chi connectivity index (χ3v) is 8.60. The molecule has 0 fully saturated rings. The second-order valence-electron chi connectivity index (χ2n) is 13.5. The highest BCUT2D eigenvalue weighted by atomic mass is 16.2. The summed E-state index contributed by atoms with van der Waals surface area (Å²) >= 11 is 0. The molecule has 5 amide bonds. The average molecular weight is 712 g/mol. The fraction of sp³-hybridized carbons (Fsp3) is 0.368. The van der Waals surface area contributed by atoms with Crippen molar-refractivity contribution in [2.24, 2.45) is 17.2 Å². The molecule has 4 aromatic rings. The molecule has 276 valence electrons. The molecule has 4 atom stereocenters. The maximum atomic E-state index is 14.3. The Morgan fingerprint density at radius 3 is 1.87 bits per heavy atom. The zero-order valence-corrected chi connectivity index (χ0v) is 29.6. The van der Waals surface area contributed by atoms with E-state index in [9.17, 15) is 24.0 Å². The zero-order chi connectivity index (χ0) is 37.7. The predicted octanol–water partition coefficient (Wildman–Crippen LogP) is 0.882. The first-order valence-corrected chi connectivity index (χ1v) is 17.3. The van der Waals surface area contributed by atoms with Gasteiger partial charge in [0, 0.05) is 31.2 Å². The van der Waals surface area contributed by atoms with Crippen LogP contribution in [-0.2, 0) is 43.2 Å². The van der Waals surface area contributed by atoms with Gasteiger partial charge in [0.25, 0.3) is 0 Å². The summed E-state index contributed by atoms with van der Waals surface area (Å²) in [4.78, 5) is 74.2. The first kappa shape index (κ1) is 39.2. The summed E-state index contributed by atoms with van der Waals surface area (Å²) < 4.78 is 0. The second-order valence-corrected chi connectivity index (χ2v) is 13.5. The molecule has 0 saturated heterocycles. The molecule has 4 rings (SSSR count). The summed E-state index contributed by atoms with van der Waals surface area (Å²) in [7, 11) is 0. The zero-order valence-electron chi connectivity index (χ0n) is 29.6. The van der Waals surface area contributed by atoms with Gasteiger partial charge in [0.1, 0.15) is 24.2 Å². The van der Waals surface area contributed by atoms with E-state index in [1.165, 1.54) is 26.4 Å². The van der Waals surface area contributed by atoms with E-state index in [1.54, 1.807) is 0 Å². The fourth-order valence-electron chi connectivity index (χ4n) is 5.63. The average Bonchev–Trinajstić information content (AvgIpc) is 3.63. The van der Waals surface area contributed by atoms with Crippen LogP contribution in [0.3, 0.4) is 0 Å². The quantitative estimate of drug-likeness (QED) is 0.0648. The van der Waals surface area contributed by atoms with Crippen LogP contribution in [0, 0.1) is 0 Å². The topological polar surface area (TPSA) is 240 Å². The van der Waals surface area contributed by atoms with Gasteiger partial charge in [0.15, 0.2) is 0 Å². The lowest BCUT2D eigenvalue weighted by Crippen LogP contribution is -2.60. The number of nitrogens with two attached hydrogens (primary N) is 3. The molecule has 1 aromatic heterocycles. The molecule has 52 heavy (non-hydrogen) atoms. The Morgan fingerprint density at radius 1 is 0.712 bits per heavy atom. The number of H-pyrrole nitrogens is 1. The first-order valence-electron chi connectivity index (χ1n) is 17.3. The number of benzene rings is 3. The molecule has 0 aliphatic heterocycles. The van der Waals surface area contributed by atoms with Crippen LogP contribution in [0.1, 0.15) is 49.9 Å². The summed E-state index contributed by atoms with van der Waals surface area (Å²) in [5.74, 6) is -3.19. The number of carbonyl (C=O) groups is 5. The summed E-state index contributed by atoms with van der Waals surface area (Å²) in [5, 5.41) is 13.0. The molecular formula is C38H49N9O5. The summed E-state index contributed by atoms with van der Waals surface area (Å²) in [5.41, 5.74) is 18.0. The van der Waals surface area contributed by atoms with Crippen LogP contribution in [0.4, 0.5) is 0 Å². The van der Waals surface area contributed by atoms with Gasteiger partial charge in [-0.15, -0.1) is 0 Å². The highest BCUT2D eigenvalue weighted by Crippen LogP contribution is 2.17. The number of primary amides is 1. The Labute approximate surface area is 303 Å². The lowest BCUT2D eigenvalue weighted by molar-refractivity contribution is -0.134. The fourth-order valence-corrected chi connectivity index (χ4v) is 5.63. The minimum absolute atomic E-state index is 0.0374. The van der Waals surface area contributed by atoms with E-state index in [0.29, 0.717) is 25.1 Å². The van der Waals surface area contributed by atoms with Crippen molar-refractivity contribution < 1.29 is 24.0 Å². The molecular weight excluding hydrogens is 662 g/mol. The Bertz CT molecular complexity index is 1810. The Kier molecular flexibility index (Phi) is 14.0. The van der Waals surface area contributed by atoms with Crippen LogP contribution in [0.5, 0.6) is 0 Å². The SMILES string of the molecule is CC(C)(N)C(=O)N[C@@H](Cc1cnc[nH]1)C(=O)N[C@@H](Cc1ccc2ccccc2c1)C(=O)N[C@H](Cc1ccccc1)C(=O)N[C@@H](CCCCN)C(N)=O. The molecule has 0 unspecified atom stereocenters. The van der Waals surface area contributed by atoms with E-state index in [0.717, 1.165) is 21.9 Å². The van der Waals surface area contributed by atoms with Crippen LogP contribution in [0.2, 0.25) is 0 Å². The number of nitrogens with zero attached hydrogens (tertiary/aromatic N) is 1. The van der Waals surface area contributed by atoms with Gasteiger partial charge in [0.05, 0.1) is 11.9 Å². The van der Waals surface area contributed by atoms with Crippen molar-refractivity contribution in [3.05, 3.63) is 102 Å².